The van der Waals surface area contributed by atoms with E-state index in [0.29, 0.717) is 4.61 Å². The fourth-order valence-corrected chi connectivity index (χ4v) is 1.82. The molecule has 0 amide bonds. The second-order valence-corrected chi connectivity index (χ2v) is 4.20. The average Bonchev–Trinajstić information content (AvgIpc) is 2.07. The first-order chi connectivity index (χ1) is 6.58. The zero-order valence-corrected chi connectivity index (χ0v) is 15.7. The van der Waals surface area contributed by atoms with Crippen molar-refractivity contribution in [3.05, 3.63) is 42.4 Å². The number of halogens is 3. The first kappa shape index (κ1) is 22.9. The van der Waals surface area contributed by atoms with E-state index in [4.69, 9.17) is 5.41 Å². The molecule has 0 saturated heterocycles. The molecule has 0 spiro atoms. The third kappa shape index (κ3) is 10.4. The minimum atomic E-state index is -0.0242. The van der Waals surface area contributed by atoms with Gasteiger partial charge in [-0.2, -0.15) is 0 Å². The first-order valence-corrected chi connectivity index (χ1v) is 5.32. The van der Waals surface area contributed by atoms with Gasteiger partial charge in [0.15, 0.2) is 0 Å². The van der Waals surface area contributed by atoms with Gasteiger partial charge in [0, 0.05) is 11.8 Å². The Morgan fingerprint density at radius 1 is 1.24 bits per heavy atom. The Labute approximate surface area is 160 Å². The predicted octanol–water partition coefficient (Wildman–Crippen LogP) is -2.76. The van der Waals surface area contributed by atoms with Crippen molar-refractivity contribution in [3.8, 4) is 5.75 Å². The molecular formula is C10H10Br2FKN2O-2. The molecule has 0 atom stereocenters. The van der Waals surface area contributed by atoms with Crippen molar-refractivity contribution in [2.75, 3.05) is 5.32 Å². The van der Waals surface area contributed by atoms with Gasteiger partial charge in [-0.1, -0.05) is 12.1 Å². The van der Waals surface area contributed by atoms with Gasteiger partial charge in [-0.25, -0.2) is 0 Å². The molecule has 3 nitrogen and oxygen atoms in total. The SMILES string of the molecule is N=C(Br)/C=C(/Br)Nc1ccc([O-])cc1.[CH3-].[F-].[K+]. The van der Waals surface area contributed by atoms with Crippen LogP contribution in [-0.4, -0.2) is 4.62 Å². The predicted molar refractivity (Wildman–Crippen MR) is 69.6 cm³/mol. The Morgan fingerprint density at radius 3 is 2.12 bits per heavy atom. The van der Waals surface area contributed by atoms with Crippen LogP contribution in [0, 0.1) is 12.8 Å². The van der Waals surface area contributed by atoms with Crippen molar-refractivity contribution >= 4 is 42.2 Å². The van der Waals surface area contributed by atoms with E-state index in [1.165, 1.54) is 12.1 Å². The summed E-state index contributed by atoms with van der Waals surface area (Å²) in [6.45, 7) is 0. The van der Waals surface area contributed by atoms with Crippen molar-refractivity contribution in [1.82, 2.24) is 0 Å². The van der Waals surface area contributed by atoms with Crippen LogP contribution in [-0.2, 0) is 0 Å². The van der Waals surface area contributed by atoms with Crippen LogP contribution >= 0.6 is 31.9 Å². The van der Waals surface area contributed by atoms with Crippen molar-refractivity contribution in [1.29, 1.82) is 5.41 Å². The number of hydrogen-bond donors (Lipinski definition) is 2. The van der Waals surface area contributed by atoms with Crippen LogP contribution in [0.4, 0.5) is 5.69 Å². The van der Waals surface area contributed by atoms with E-state index in [0.717, 1.165) is 5.69 Å². The van der Waals surface area contributed by atoms with E-state index in [1.807, 2.05) is 0 Å². The van der Waals surface area contributed by atoms with E-state index >= 15 is 0 Å². The quantitative estimate of drug-likeness (QED) is 0.254. The Hall–Kier alpha value is 0.756. The minimum absolute atomic E-state index is 0. The summed E-state index contributed by atoms with van der Waals surface area (Å²) in [5.74, 6) is -0.0242. The van der Waals surface area contributed by atoms with Crippen LogP contribution in [0.5, 0.6) is 5.75 Å². The summed E-state index contributed by atoms with van der Waals surface area (Å²) in [5.41, 5.74) is 0.793. The van der Waals surface area contributed by atoms with Crippen LogP contribution < -0.4 is 66.5 Å². The number of hydrogen-bond acceptors (Lipinski definition) is 3. The summed E-state index contributed by atoms with van der Waals surface area (Å²) in [5, 5.41) is 20.9. The molecule has 90 valence electrons. The van der Waals surface area contributed by atoms with E-state index < -0.39 is 0 Å². The maximum absolute atomic E-state index is 10.8. The smallest absolute Gasteiger partial charge is 1.00 e. The molecule has 17 heavy (non-hydrogen) atoms. The molecule has 0 radical (unpaired) electrons. The van der Waals surface area contributed by atoms with Crippen LogP contribution in [0.3, 0.4) is 0 Å². The average molecular weight is 392 g/mol. The molecule has 0 aromatic heterocycles. The zero-order valence-electron chi connectivity index (χ0n) is 9.43. The van der Waals surface area contributed by atoms with E-state index in [1.54, 1.807) is 18.2 Å². The van der Waals surface area contributed by atoms with Gasteiger partial charge in [0.2, 0.25) is 0 Å². The molecule has 1 aromatic rings. The molecule has 0 aliphatic carbocycles. The number of benzene rings is 1. The largest absolute Gasteiger partial charge is 1.00 e. The number of allylic oxidation sites excluding steroid dienone is 1. The van der Waals surface area contributed by atoms with Crippen molar-refractivity contribution in [3.63, 3.8) is 0 Å². The molecule has 7 heteroatoms. The Morgan fingerprint density at radius 2 is 1.71 bits per heavy atom. The molecule has 0 heterocycles. The normalized spacial score (nSPS) is 9.18. The standard InChI is InChI=1S/C9H8Br2N2O.CH3.FH.K/c10-8(12)5-9(11)13-6-1-3-7(14)4-2-6;;;/h1-5,12-14H;1H3;1H;/q;-1;;+1/p-2/b9-5-,12-8?;;;. The molecule has 0 unspecified atom stereocenters. The molecule has 1 rings (SSSR count). The summed E-state index contributed by atoms with van der Waals surface area (Å²) in [7, 11) is 0. The second kappa shape index (κ2) is 11.8. The number of rotatable bonds is 3. The Bertz CT molecular complexity index is 371. The second-order valence-electron chi connectivity index (χ2n) is 2.49. The van der Waals surface area contributed by atoms with Crippen LogP contribution in [0.25, 0.3) is 0 Å². The first-order valence-electron chi connectivity index (χ1n) is 3.73. The number of nitrogens with one attached hydrogen (secondary N) is 2. The molecule has 0 aliphatic heterocycles. The van der Waals surface area contributed by atoms with Crippen LogP contribution in [0.1, 0.15) is 0 Å². The monoisotopic (exact) mass is 390 g/mol. The van der Waals surface area contributed by atoms with Crippen molar-refractivity contribution < 1.29 is 61.2 Å². The van der Waals surface area contributed by atoms with Gasteiger partial charge in [0.05, 0.1) is 9.23 Å². The Balaban J connectivity index is -0.000000653. The summed E-state index contributed by atoms with van der Waals surface area (Å²) in [6, 6.07) is 6.30. The third-order valence-corrected chi connectivity index (χ3v) is 2.03. The van der Waals surface area contributed by atoms with E-state index in [2.05, 4.69) is 37.2 Å². The van der Waals surface area contributed by atoms with Gasteiger partial charge in [-0.05, 0) is 44.0 Å². The fourth-order valence-electron chi connectivity index (χ4n) is 0.823. The molecule has 0 saturated carbocycles. The number of anilines is 1. The molecule has 0 aliphatic rings. The van der Waals surface area contributed by atoms with Gasteiger partial charge in [-0.15, -0.1) is 5.75 Å². The summed E-state index contributed by atoms with van der Waals surface area (Å²) in [6.07, 6.45) is 1.56. The van der Waals surface area contributed by atoms with E-state index in [9.17, 15) is 5.11 Å². The van der Waals surface area contributed by atoms with Gasteiger partial charge in [0.25, 0.3) is 0 Å². The summed E-state index contributed by atoms with van der Waals surface area (Å²) < 4.78 is 0.912. The van der Waals surface area contributed by atoms with Crippen molar-refractivity contribution in [2.45, 2.75) is 0 Å². The van der Waals surface area contributed by atoms with Crippen LogP contribution in [0.2, 0.25) is 0 Å². The summed E-state index contributed by atoms with van der Waals surface area (Å²) in [4.78, 5) is 0. The molecular weight excluding hydrogens is 382 g/mol. The van der Waals surface area contributed by atoms with Gasteiger partial charge < -0.3 is 22.6 Å². The van der Waals surface area contributed by atoms with Crippen molar-refractivity contribution in [2.24, 2.45) is 0 Å². The van der Waals surface area contributed by atoms with E-state index in [-0.39, 0.29) is 73.9 Å². The minimum Gasteiger partial charge on any atom is -1.00 e. The van der Waals surface area contributed by atoms with Crippen LogP contribution in [0.15, 0.2) is 34.9 Å². The zero-order chi connectivity index (χ0) is 10.6. The Kier molecular flexibility index (Phi) is 15.9. The van der Waals surface area contributed by atoms with Gasteiger partial charge >= 0.3 is 51.4 Å². The molecule has 2 N–H and O–H groups in total. The maximum Gasteiger partial charge on any atom is 1.00 e. The molecule has 1 aromatic carbocycles. The third-order valence-electron chi connectivity index (χ3n) is 1.37. The fraction of sp³-hybridized carbons (Fsp3) is 0. The molecule has 0 bridgehead atoms. The molecule has 0 fully saturated rings. The van der Waals surface area contributed by atoms with Gasteiger partial charge in [0.1, 0.15) is 0 Å². The summed E-state index contributed by atoms with van der Waals surface area (Å²) >= 11 is 6.22. The van der Waals surface area contributed by atoms with Gasteiger partial charge in [-0.3, -0.25) is 5.41 Å². The maximum atomic E-state index is 10.8. The topological polar surface area (TPSA) is 58.9 Å².